The summed E-state index contributed by atoms with van der Waals surface area (Å²) in [6.45, 7) is -1.10. The Labute approximate surface area is 109 Å². The normalized spacial score (nSPS) is 9.74. The van der Waals surface area contributed by atoms with Gasteiger partial charge < -0.3 is 9.84 Å². The molecule has 1 aromatic heterocycles. The van der Waals surface area contributed by atoms with Gasteiger partial charge in [0.05, 0.1) is 11.9 Å². The minimum atomic E-state index is -1.19. The van der Waals surface area contributed by atoms with Gasteiger partial charge >= 0.3 is 12.0 Å². The van der Waals surface area contributed by atoms with Gasteiger partial charge in [0.15, 0.2) is 0 Å². The van der Waals surface area contributed by atoms with Crippen LogP contribution >= 0.6 is 0 Å². The number of carboxylic acids is 1. The van der Waals surface area contributed by atoms with Crippen LogP contribution in [0.15, 0.2) is 24.5 Å². The van der Waals surface area contributed by atoms with Crippen LogP contribution in [0.1, 0.15) is 0 Å². The minimum Gasteiger partial charge on any atom is -0.480 e. The average Bonchev–Trinajstić information content (AvgIpc) is 2.38. The molecule has 8 nitrogen and oxygen atoms in total. The first kappa shape index (κ1) is 14.6. The van der Waals surface area contributed by atoms with Crippen LogP contribution < -0.4 is 10.2 Å². The molecule has 0 saturated carbocycles. The quantitative estimate of drug-likeness (QED) is 0.768. The van der Waals surface area contributed by atoms with Gasteiger partial charge in [-0.1, -0.05) is 0 Å². The number of nitrogens with one attached hydrogen (secondary N) is 1. The first-order valence-electron chi connectivity index (χ1n) is 5.28. The Kier molecular flexibility index (Phi) is 5.42. The number of amides is 3. The van der Waals surface area contributed by atoms with E-state index in [1.54, 1.807) is 18.3 Å². The summed E-state index contributed by atoms with van der Waals surface area (Å²) in [5.41, 5.74) is 0.513. The van der Waals surface area contributed by atoms with E-state index in [1.165, 1.54) is 18.1 Å². The average molecular weight is 267 g/mol. The maximum atomic E-state index is 11.6. The van der Waals surface area contributed by atoms with Crippen LogP contribution in [0.5, 0.6) is 0 Å². The van der Waals surface area contributed by atoms with Crippen molar-refractivity contribution in [3.05, 3.63) is 24.5 Å². The summed E-state index contributed by atoms with van der Waals surface area (Å²) in [6.07, 6.45) is 3.02. The number of aliphatic carboxylic acids is 1. The molecule has 0 aliphatic carbocycles. The lowest BCUT2D eigenvalue weighted by molar-refractivity contribution is -0.143. The fraction of sp³-hybridized carbons (Fsp3) is 0.273. The van der Waals surface area contributed by atoms with Crippen molar-refractivity contribution < 1.29 is 24.2 Å². The van der Waals surface area contributed by atoms with Crippen molar-refractivity contribution in [2.24, 2.45) is 0 Å². The number of carbonyl (C=O) groups excluding carboxylic acids is 2. The van der Waals surface area contributed by atoms with Gasteiger partial charge in [-0.2, -0.15) is 0 Å². The molecule has 0 aromatic carbocycles. The second kappa shape index (κ2) is 7.07. The fourth-order valence-electron chi connectivity index (χ4n) is 1.14. The Hall–Kier alpha value is -2.48. The molecule has 0 saturated heterocycles. The summed E-state index contributed by atoms with van der Waals surface area (Å²) in [7, 11) is 1.47. The molecule has 1 rings (SSSR count). The van der Waals surface area contributed by atoms with E-state index in [1.807, 2.05) is 0 Å². The Morgan fingerprint density at radius 1 is 1.42 bits per heavy atom. The molecule has 1 aromatic rings. The lowest BCUT2D eigenvalue weighted by atomic mass is 10.4. The Morgan fingerprint density at radius 3 is 2.74 bits per heavy atom. The highest BCUT2D eigenvalue weighted by Crippen LogP contribution is 2.08. The maximum absolute atomic E-state index is 11.6. The smallest absolute Gasteiger partial charge is 0.329 e. The number of carboxylic acid groups (broad SMARTS) is 1. The molecule has 102 valence electrons. The van der Waals surface area contributed by atoms with Crippen LogP contribution in [0.4, 0.5) is 10.5 Å². The lowest BCUT2D eigenvalue weighted by Crippen LogP contribution is -2.42. The van der Waals surface area contributed by atoms with Crippen LogP contribution in [0, 0.1) is 0 Å². The zero-order valence-corrected chi connectivity index (χ0v) is 10.2. The lowest BCUT2D eigenvalue weighted by Gasteiger charge is -2.16. The maximum Gasteiger partial charge on any atom is 0.329 e. The summed E-state index contributed by atoms with van der Waals surface area (Å²) in [5.74, 6) is -1.91. The highest BCUT2D eigenvalue weighted by molar-refractivity contribution is 6.02. The molecule has 0 atom stereocenters. The topological polar surface area (TPSA) is 109 Å². The van der Waals surface area contributed by atoms with Gasteiger partial charge in [-0.3, -0.25) is 20.0 Å². The molecular weight excluding hydrogens is 254 g/mol. The first-order chi connectivity index (χ1) is 9.00. The Morgan fingerprint density at radius 2 is 2.16 bits per heavy atom. The summed E-state index contributed by atoms with van der Waals surface area (Å²) >= 11 is 0. The molecule has 0 spiro atoms. The van der Waals surface area contributed by atoms with Gasteiger partial charge in [-0.15, -0.1) is 0 Å². The van der Waals surface area contributed by atoms with Crippen LogP contribution in [-0.2, 0) is 14.3 Å². The number of ether oxygens (including phenoxy) is 1. The van der Waals surface area contributed by atoms with E-state index in [2.05, 4.69) is 15.0 Å². The van der Waals surface area contributed by atoms with Crippen LogP contribution in [0.3, 0.4) is 0 Å². The largest absolute Gasteiger partial charge is 0.480 e. The molecular formula is C11H13N3O5. The summed E-state index contributed by atoms with van der Waals surface area (Å²) < 4.78 is 4.55. The molecule has 19 heavy (non-hydrogen) atoms. The molecule has 0 fully saturated rings. The third-order valence-electron chi connectivity index (χ3n) is 2.04. The summed E-state index contributed by atoms with van der Waals surface area (Å²) in [6, 6.07) is 2.64. The van der Waals surface area contributed by atoms with Gasteiger partial charge in [0, 0.05) is 13.2 Å². The number of imide groups is 1. The molecule has 2 N–H and O–H groups in total. The number of nitrogens with zero attached hydrogens (tertiary/aromatic N) is 2. The van der Waals surface area contributed by atoms with Crippen LogP contribution in [-0.4, -0.2) is 48.3 Å². The van der Waals surface area contributed by atoms with E-state index < -0.39 is 31.1 Å². The number of hydrogen-bond acceptors (Lipinski definition) is 5. The second-order valence-electron chi connectivity index (χ2n) is 3.51. The predicted molar refractivity (Wildman–Crippen MR) is 64.6 cm³/mol. The predicted octanol–water partition coefficient (Wildman–Crippen LogP) is -0.145. The molecule has 0 radical (unpaired) electrons. The minimum absolute atomic E-state index is 0.501. The molecule has 1 heterocycles. The third-order valence-corrected chi connectivity index (χ3v) is 2.04. The molecule has 3 amide bonds. The van der Waals surface area contributed by atoms with E-state index in [0.717, 1.165) is 0 Å². The number of anilines is 1. The second-order valence-corrected chi connectivity index (χ2v) is 3.51. The van der Waals surface area contributed by atoms with Crippen molar-refractivity contribution in [1.29, 1.82) is 0 Å². The van der Waals surface area contributed by atoms with Crippen molar-refractivity contribution in [2.75, 3.05) is 25.2 Å². The molecule has 0 unspecified atom stereocenters. The Balaban J connectivity index is 2.42. The van der Waals surface area contributed by atoms with Crippen LogP contribution in [0.25, 0.3) is 0 Å². The zero-order valence-electron chi connectivity index (χ0n) is 10.2. The fourth-order valence-corrected chi connectivity index (χ4v) is 1.14. The molecule has 0 bridgehead atoms. The van der Waals surface area contributed by atoms with Gasteiger partial charge in [0.1, 0.15) is 13.2 Å². The van der Waals surface area contributed by atoms with Crippen molar-refractivity contribution >= 4 is 23.6 Å². The molecule has 8 heteroatoms. The van der Waals surface area contributed by atoms with E-state index in [9.17, 15) is 14.4 Å². The van der Waals surface area contributed by atoms with Crippen molar-refractivity contribution in [3.8, 4) is 0 Å². The monoisotopic (exact) mass is 267 g/mol. The van der Waals surface area contributed by atoms with Crippen LogP contribution in [0.2, 0.25) is 0 Å². The van der Waals surface area contributed by atoms with E-state index in [4.69, 9.17) is 5.11 Å². The SMILES string of the molecule is CN(C(=O)NC(=O)COCC(=O)O)c1cccnc1. The highest BCUT2D eigenvalue weighted by Gasteiger charge is 2.14. The highest BCUT2D eigenvalue weighted by atomic mass is 16.5. The number of pyridine rings is 1. The number of aromatic nitrogens is 1. The third kappa shape index (κ3) is 5.13. The van der Waals surface area contributed by atoms with Gasteiger partial charge in [0.2, 0.25) is 0 Å². The Bertz CT molecular complexity index is 463. The summed E-state index contributed by atoms with van der Waals surface area (Å²) in [4.78, 5) is 38.1. The van der Waals surface area contributed by atoms with E-state index >= 15 is 0 Å². The zero-order chi connectivity index (χ0) is 14.3. The first-order valence-corrected chi connectivity index (χ1v) is 5.28. The molecule has 0 aliphatic rings. The number of rotatable bonds is 5. The molecule has 0 aliphatic heterocycles. The number of urea groups is 1. The van der Waals surface area contributed by atoms with Crippen molar-refractivity contribution in [3.63, 3.8) is 0 Å². The van der Waals surface area contributed by atoms with E-state index in [-0.39, 0.29) is 0 Å². The van der Waals surface area contributed by atoms with E-state index in [0.29, 0.717) is 5.69 Å². The van der Waals surface area contributed by atoms with Gasteiger partial charge in [-0.25, -0.2) is 9.59 Å². The van der Waals surface area contributed by atoms with Gasteiger partial charge in [0.25, 0.3) is 5.91 Å². The number of carbonyl (C=O) groups is 3. The number of hydrogen-bond donors (Lipinski definition) is 2. The van der Waals surface area contributed by atoms with Crippen molar-refractivity contribution in [2.45, 2.75) is 0 Å². The van der Waals surface area contributed by atoms with Crippen molar-refractivity contribution in [1.82, 2.24) is 10.3 Å². The van der Waals surface area contributed by atoms with Gasteiger partial charge in [-0.05, 0) is 12.1 Å². The standard InChI is InChI=1S/C11H13N3O5/c1-14(8-3-2-4-12-5-8)11(18)13-9(15)6-19-7-10(16)17/h2-5H,6-7H2,1H3,(H,16,17)(H,13,15,18). The summed E-state index contributed by atoms with van der Waals surface area (Å²) in [5, 5.41) is 10.4.